The lowest BCUT2D eigenvalue weighted by Gasteiger charge is -2.27. The first-order valence-corrected chi connectivity index (χ1v) is 8.59. The molecule has 0 aromatic heterocycles. The summed E-state index contributed by atoms with van der Waals surface area (Å²) in [7, 11) is 0. The number of aryl methyl sites for hydroxylation is 1. The Balaban J connectivity index is 1.63. The maximum absolute atomic E-state index is 12.3. The Kier molecular flexibility index (Phi) is 4.83. The van der Waals surface area contributed by atoms with Crippen LogP contribution in [0.25, 0.3) is 0 Å². The zero-order chi connectivity index (χ0) is 17.1. The van der Waals surface area contributed by atoms with E-state index in [-0.39, 0.29) is 24.4 Å². The van der Waals surface area contributed by atoms with Gasteiger partial charge in [-0.1, -0.05) is 37.6 Å². The quantitative estimate of drug-likeness (QED) is 0.810. The molecule has 24 heavy (non-hydrogen) atoms. The van der Waals surface area contributed by atoms with Gasteiger partial charge in [-0.3, -0.25) is 14.5 Å². The second kappa shape index (κ2) is 7.03. The van der Waals surface area contributed by atoms with E-state index in [4.69, 9.17) is 0 Å². The van der Waals surface area contributed by atoms with Crippen molar-refractivity contribution in [1.82, 2.24) is 15.5 Å². The van der Waals surface area contributed by atoms with Crippen molar-refractivity contribution < 1.29 is 14.4 Å². The summed E-state index contributed by atoms with van der Waals surface area (Å²) in [4.78, 5) is 37.5. The van der Waals surface area contributed by atoms with Crippen LogP contribution < -0.4 is 10.6 Å². The summed E-state index contributed by atoms with van der Waals surface area (Å²) < 4.78 is 0. The lowest BCUT2D eigenvalue weighted by Crippen LogP contribution is -2.42. The van der Waals surface area contributed by atoms with Gasteiger partial charge in [-0.25, -0.2) is 4.79 Å². The van der Waals surface area contributed by atoms with Crippen molar-refractivity contribution in [1.29, 1.82) is 0 Å². The van der Waals surface area contributed by atoms with Gasteiger partial charge in [0.25, 0.3) is 5.91 Å². The summed E-state index contributed by atoms with van der Waals surface area (Å²) in [6.07, 6.45) is 4.31. The number of benzene rings is 1. The zero-order valence-electron chi connectivity index (χ0n) is 13.9. The Morgan fingerprint density at radius 2 is 2.12 bits per heavy atom. The molecule has 1 aliphatic heterocycles. The molecule has 0 bridgehead atoms. The van der Waals surface area contributed by atoms with Crippen molar-refractivity contribution in [2.24, 2.45) is 0 Å². The van der Waals surface area contributed by atoms with Crippen molar-refractivity contribution in [3.05, 3.63) is 35.4 Å². The highest BCUT2D eigenvalue weighted by Crippen LogP contribution is 2.29. The molecule has 6 nitrogen and oxygen atoms in total. The predicted molar refractivity (Wildman–Crippen MR) is 89.2 cm³/mol. The predicted octanol–water partition coefficient (Wildman–Crippen LogP) is 1.90. The lowest BCUT2D eigenvalue weighted by molar-refractivity contribution is -0.132. The summed E-state index contributed by atoms with van der Waals surface area (Å²) in [5.41, 5.74) is 2.39. The Morgan fingerprint density at radius 1 is 1.33 bits per heavy atom. The molecule has 0 radical (unpaired) electrons. The van der Waals surface area contributed by atoms with Crippen molar-refractivity contribution in [3.8, 4) is 0 Å². The maximum atomic E-state index is 12.3. The van der Waals surface area contributed by atoms with Crippen LogP contribution in [-0.2, 0) is 16.0 Å². The van der Waals surface area contributed by atoms with Gasteiger partial charge in [-0.15, -0.1) is 0 Å². The van der Waals surface area contributed by atoms with Crippen LogP contribution in [0.2, 0.25) is 0 Å². The highest BCUT2D eigenvalue weighted by atomic mass is 16.2. The Morgan fingerprint density at radius 3 is 2.92 bits per heavy atom. The zero-order valence-corrected chi connectivity index (χ0v) is 13.9. The number of urea groups is 1. The SMILES string of the molecule is CCC[C@@H]1NC(=O)N(CC(=O)N[C@@H]2CCCc3ccccc32)C1=O. The van der Waals surface area contributed by atoms with Crippen molar-refractivity contribution in [2.45, 2.75) is 51.1 Å². The molecule has 4 amide bonds. The van der Waals surface area contributed by atoms with Crippen LogP contribution in [0.15, 0.2) is 24.3 Å². The lowest BCUT2D eigenvalue weighted by atomic mass is 9.88. The molecule has 3 rings (SSSR count). The van der Waals surface area contributed by atoms with Gasteiger partial charge in [-0.2, -0.15) is 0 Å². The molecular formula is C18H23N3O3. The average Bonchev–Trinajstić information content (AvgIpc) is 2.83. The topological polar surface area (TPSA) is 78.5 Å². The Bertz CT molecular complexity index is 659. The molecule has 1 aliphatic carbocycles. The number of imide groups is 1. The molecule has 1 aromatic rings. The van der Waals surface area contributed by atoms with Gasteiger partial charge in [0.2, 0.25) is 5.91 Å². The minimum Gasteiger partial charge on any atom is -0.348 e. The number of hydrogen-bond acceptors (Lipinski definition) is 3. The third-order valence-corrected chi connectivity index (χ3v) is 4.69. The van der Waals surface area contributed by atoms with Crippen molar-refractivity contribution in [3.63, 3.8) is 0 Å². The summed E-state index contributed by atoms with van der Waals surface area (Å²) in [5.74, 6) is -0.599. The van der Waals surface area contributed by atoms with Gasteiger partial charge in [0.05, 0.1) is 6.04 Å². The minimum atomic E-state index is -0.495. The second-order valence-corrected chi connectivity index (χ2v) is 6.43. The van der Waals surface area contributed by atoms with Crippen LogP contribution in [0.3, 0.4) is 0 Å². The van der Waals surface area contributed by atoms with E-state index in [1.165, 1.54) is 5.56 Å². The smallest absolute Gasteiger partial charge is 0.325 e. The Labute approximate surface area is 141 Å². The largest absolute Gasteiger partial charge is 0.348 e. The molecule has 0 saturated carbocycles. The fourth-order valence-electron chi connectivity index (χ4n) is 3.50. The van der Waals surface area contributed by atoms with Crippen LogP contribution in [-0.4, -0.2) is 35.3 Å². The molecule has 128 valence electrons. The number of carbonyl (C=O) groups excluding carboxylic acids is 3. The van der Waals surface area contributed by atoms with E-state index < -0.39 is 12.1 Å². The first kappa shape index (κ1) is 16.5. The molecule has 1 saturated heterocycles. The average molecular weight is 329 g/mol. The third-order valence-electron chi connectivity index (χ3n) is 4.69. The van der Waals surface area contributed by atoms with E-state index in [2.05, 4.69) is 16.7 Å². The minimum absolute atomic E-state index is 0.0466. The highest BCUT2D eigenvalue weighted by Gasteiger charge is 2.38. The standard InChI is InChI=1S/C18H23N3O3/c1-2-6-15-17(23)21(18(24)20-15)11-16(22)19-14-10-5-8-12-7-3-4-9-13(12)14/h3-4,7,9,14-15H,2,5-6,8,10-11H2,1H3,(H,19,22)(H,20,24)/t14-,15+/m1/s1. The van der Waals surface area contributed by atoms with E-state index >= 15 is 0 Å². The summed E-state index contributed by atoms with van der Waals surface area (Å²) >= 11 is 0. The molecule has 2 N–H and O–H groups in total. The van der Waals surface area contributed by atoms with Gasteiger partial charge >= 0.3 is 6.03 Å². The van der Waals surface area contributed by atoms with E-state index in [0.717, 1.165) is 36.1 Å². The van der Waals surface area contributed by atoms with E-state index in [9.17, 15) is 14.4 Å². The third kappa shape index (κ3) is 3.27. The Hall–Kier alpha value is -2.37. The molecule has 2 atom stereocenters. The first-order valence-electron chi connectivity index (χ1n) is 8.59. The van der Waals surface area contributed by atoms with Gasteiger partial charge in [0.1, 0.15) is 12.6 Å². The van der Waals surface area contributed by atoms with Crippen LogP contribution >= 0.6 is 0 Å². The molecule has 0 unspecified atom stereocenters. The van der Waals surface area contributed by atoms with E-state index in [0.29, 0.717) is 6.42 Å². The number of amides is 4. The number of nitrogens with one attached hydrogen (secondary N) is 2. The molecule has 1 aromatic carbocycles. The number of hydrogen-bond donors (Lipinski definition) is 2. The molecule has 6 heteroatoms. The molecule has 1 heterocycles. The monoisotopic (exact) mass is 329 g/mol. The summed E-state index contributed by atoms with van der Waals surface area (Å²) in [5, 5.41) is 5.61. The van der Waals surface area contributed by atoms with Gasteiger partial charge in [0.15, 0.2) is 0 Å². The van der Waals surface area contributed by atoms with Crippen LogP contribution in [0.1, 0.15) is 49.8 Å². The normalized spacial score (nSPS) is 23.0. The number of fused-ring (bicyclic) bond motifs is 1. The number of rotatable bonds is 5. The first-order chi connectivity index (χ1) is 11.6. The van der Waals surface area contributed by atoms with Gasteiger partial charge in [-0.05, 0) is 36.8 Å². The van der Waals surface area contributed by atoms with Crippen LogP contribution in [0, 0.1) is 0 Å². The van der Waals surface area contributed by atoms with Crippen LogP contribution in [0.5, 0.6) is 0 Å². The molecular weight excluding hydrogens is 306 g/mol. The maximum Gasteiger partial charge on any atom is 0.325 e. The van der Waals surface area contributed by atoms with Gasteiger partial charge < -0.3 is 10.6 Å². The highest BCUT2D eigenvalue weighted by molar-refractivity contribution is 6.06. The van der Waals surface area contributed by atoms with Crippen LogP contribution in [0.4, 0.5) is 4.79 Å². The fraction of sp³-hybridized carbons (Fsp3) is 0.500. The fourth-order valence-corrected chi connectivity index (χ4v) is 3.50. The second-order valence-electron chi connectivity index (χ2n) is 6.43. The summed E-state index contributed by atoms with van der Waals surface area (Å²) in [6, 6.07) is 7.07. The molecule has 1 fully saturated rings. The number of nitrogens with zero attached hydrogens (tertiary/aromatic N) is 1. The molecule has 2 aliphatic rings. The van der Waals surface area contributed by atoms with Crippen molar-refractivity contribution in [2.75, 3.05) is 6.54 Å². The van der Waals surface area contributed by atoms with E-state index in [1.54, 1.807) is 0 Å². The van der Waals surface area contributed by atoms with Gasteiger partial charge in [0, 0.05) is 0 Å². The molecule has 0 spiro atoms. The van der Waals surface area contributed by atoms with Crippen molar-refractivity contribution >= 4 is 17.8 Å². The summed E-state index contributed by atoms with van der Waals surface area (Å²) in [6.45, 7) is 1.73. The number of carbonyl (C=O) groups is 3. The van der Waals surface area contributed by atoms with E-state index in [1.807, 2.05) is 25.1 Å².